The lowest BCUT2D eigenvalue weighted by atomic mass is 10.1. The molecule has 1 amide bonds. The first-order valence-corrected chi connectivity index (χ1v) is 9.68. The maximum Gasteiger partial charge on any atom is 0.237 e. The third-order valence-corrected chi connectivity index (χ3v) is 5.27. The van der Waals surface area contributed by atoms with Gasteiger partial charge >= 0.3 is 0 Å². The van der Waals surface area contributed by atoms with Crippen LogP contribution >= 0.6 is 11.8 Å². The van der Waals surface area contributed by atoms with Gasteiger partial charge in [-0.05, 0) is 61.9 Å². The van der Waals surface area contributed by atoms with Crippen molar-refractivity contribution in [1.29, 1.82) is 0 Å². The van der Waals surface area contributed by atoms with Gasteiger partial charge in [0.15, 0.2) is 5.78 Å². The highest BCUT2D eigenvalue weighted by Crippen LogP contribution is 2.26. The molecule has 0 saturated heterocycles. The number of thioether (sulfide) groups is 1. The van der Waals surface area contributed by atoms with Crippen LogP contribution in [0.4, 0.5) is 5.69 Å². The summed E-state index contributed by atoms with van der Waals surface area (Å²) < 4.78 is 1.63. The Morgan fingerprint density at radius 1 is 1.14 bits per heavy atom. The number of benzene rings is 2. The molecule has 8 heteroatoms. The Morgan fingerprint density at radius 2 is 1.89 bits per heavy atom. The lowest BCUT2D eigenvalue weighted by Crippen LogP contribution is -2.24. The molecule has 1 atom stereocenters. The van der Waals surface area contributed by atoms with Gasteiger partial charge in [-0.1, -0.05) is 41.6 Å². The average molecular weight is 395 g/mol. The molecule has 144 valence electrons. The van der Waals surface area contributed by atoms with E-state index in [0.717, 1.165) is 16.8 Å². The topological polar surface area (TPSA) is 89.8 Å². The smallest absolute Gasteiger partial charge is 0.237 e. The van der Waals surface area contributed by atoms with Crippen molar-refractivity contribution in [2.24, 2.45) is 0 Å². The second-order valence-corrected chi connectivity index (χ2v) is 7.82. The molecule has 0 aliphatic rings. The first kappa shape index (κ1) is 19.8. The van der Waals surface area contributed by atoms with Crippen LogP contribution in [0.2, 0.25) is 0 Å². The number of amides is 1. The Labute approximate surface area is 167 Å². The summed E-state index contributed by atoms with van der Waals surface area (Å²) in [7, 11) is 0. The van der Waals surface area contributed by atoms with Crippen LogP contribution in [-0.4, -0.2) is 37.1 Å². The Hall–Kier alpha value is -3.00. The number of para-hydroxylation sites is 1. The summed E-state index contributed by atoms with van der Waals surface area (Å²) in [6, 6.07) is 13.0. The zero-order valence-corrected chi connectivity index (χ0v) is 16.9. The SMILES string of the molecule is CC(=O)c1ccccc1NC(=O)[C@H](C)Sc1nnnn1-c1ccc(C)cc1C. The summed E-state index contributed by atoms with van der Waals surface area (Å²) in [5, 5.41) is 14.8. The highest BCUT2D eigenvalue weighted by molar-refractivity contribution is 8.00. The van der Waals surface area contributed by atoms with Crippen LogP contribution in [0.1, 0.15) is 35.3 Å². The van der Waals surface area contributed by atoms with Crippen molar-refractivity contribution in [1.82, 2.24) is 20.2 Å². The van der Waals surface area contributed by atoms with E-state index < -0.39 is 5.25 Å². The Bertz CT molecular complexity index is 1030. The van der Waals surface area contributed by atoms with Crippen molar-refractivity contribution in [3.63, 3.8) is 0 Å². The van der Waals surface area contributed by atoms with Crippen LogP contribution in [0, 0.1) is 13.8 Å². The normalized spacial score (nSPS) is 11.9. The fraction of sp³-hybridized carbons (Fsp3) is 0.250. The third-order valence-electron chi connectivity index (χ3n) is 4.24. The predicted molar refractivity (Wildman–Crippen MR) is 109 cm³/mol. The molecular weight excluding hydrogens is 374 g/mol. The number of aryl methyl sites for hydroxylation is 2. The molecule has 3 rings (SSSR count). The van der Waals surface area contributed by atoms with Crippen molar-refractivity contribution in [3.05, 3.63) is 59.2 Å². The number of nitrogens with zero attached hydrogens (tertiary/aromatic N) is 4. The number of hydrogen-bond donors (Lipinski definition) is 1. The Balaban J connectivity index is 1.77. The van der Waals surface area contributed by atoms with E-state index in [1.54, 1.807) is 35.9 Å². The standard InChI is InChI=1S/C20H21N5O2S/c1-12-9-10-18(13(2)11-12)25-20(22-23-24-25)28-15(4)19(27)21-17-8-6-5-7-16(17)14(3)26/h5-11,15H,1-4H3,(H,21,27)/t15-/m0/s1. The monoisotopic (exact) mass is 395 g/mol. The Kier molecular flexibility index (Phi) is 5.89. The average Bonchev–Trinajstić information content (AvgIpc) is 3.09. The van der Waals surface area contributed by atoms with Gasteiger partial charge < -0.3 is 5.32 Å². The van der Waals surface area contributed by atoms with Crippen molar-refractivity contribution in [2.45, 2.75) is 38.1 Å². The molecule has 0 aliphatic carbocycles. The number of hydrogen-bond acceptors (Lipinski definition) is 6. The number of Topliss-reactive ketones (excluding diaryl/α,β-unsaturated/α-hetero) is 1. The van der Waals surface area contributed by atoms with Crippen molar-refractivity contribution in [3.8, 4) is 5.69 Å². The summed E-state index contributed by atoms with van der Waals surface area (Å²) in [5.41, 5.74) is 4.05. The minimum absolute atomic E-state index is 0.102. The molecule has 0 fully saturated rings. The molecule has 28 heavy (non-hydrogen) atoms. The van der Waals surface area contributed by atoms with Gasteiger partial charge in [0, 0.05) is 5.56 Å². The molecule has 0 bridgehead atoms. The molecule has 1 N–H and O–H groups in total. The minimum Gasteiger partial charge on any atom is -0.324 e. The number of rotatable bonds is 6. The minimum atomic E-state index is -0.462. The quantitative estimate of drug-likeness (QED) is 0.507. The van der Waals surface area contributed by atoms with Crippen molar-refractivity contribution in [2.75, 3.05) is 5.32 Å². The van der Waals surface area contributed by atoms with Crippen LogP contribution in [-0.2, 0) is 4.79 Å². The molecule has 2 aromatic carbocycles. The van der Waals surface area contributed by atoms with Gasteiger partial charge in [-0.3, -0.25) is 9.59 Å². The second kappa shape index (κ2) is 8.35. The summed E-state index contributed by atoms with van der Waals surface area (Å²) >= 11 is 1.26. The molecular formula is C20H21N5O2S. The van der Waals surface area contributed by atoms with E-state index in [1.807, 2.05) is 26.0 Å². The highest BCUT2D eigenvalue weighted by atomic mass is 32.2. The number of anilines is 1. The van der Waals surface area contributed by atoms with Crippen molar-refractivity contribution < 1.29 is 9.59 Å². The van der Waals surface area contributed by atoms with Gasteiger partial charge in [0.25, 0.3) is 0 Å². The van der Waals surface area contributed by atoms with Gasteiger partial charge in [0.05, 0.1) is 16.6 Å². The molecule has 0 spiro atoms. The number of carbonyl (C=O) groups excluding carboxylic acids is 2. The first-order chi connectivity index (χ1) is 13.4. The van der Waals surface area contributed by atoms with Gasteiger partial charge in [0.1, 0.15) is 0 Å². The molecule has 1 aromatic heterocycles. The van der Waals surface area contributed by atoms with Gasteiger partial charge in [-0.25, -0.2) is 0 Å². The summed E-state index contributed by atoms with van der Waals surface area (Å²) in [4.78, 5) is 24.4. The fourth-order valence-electron chi connectivity index (χ4n) is 2.79. The summed E-state index contributed by atoms with van der Waals surface area (Å²) in [6.07, 6.45) is 0. The van der Waals surface area contributed by atoms with E-state index in [2.05, 4.69) is 26.9 Å². The maximum atomic E-state index is 12.7. The van der Waals surface area contributed by atoms with Gasteiger partial charge in [-0.15, -0.1) is 5.10 Å². The lowest BCUT2D eigenvalue weighted by molar-refractivity contribution is -0.115. The largest absolute Gasteiger partial charge is 0.324 e. The zero-order chi connectivity index (χ0) is 20.3. The van der Waals surface area contributed by atoms with E-state index in [1.165, 1.54) is 18.7 Å². The Morgan fingerprint density at radius 3 is 2.61 bits per heavy atom. The summed E-state index contributed by atoms with van der Waals surface area (Å²) in [5.74, 6) is -0.330. The zero-order valence-electron chi connectivity index (χ0n) is 16.1. The van der Waals surface area contributed by atoms with E-state index in [0.29, 0.717) is 16.4 Å². The number of ketones is 1. The second-order valence-electron chi connectivity index (χ2n) is 6.51. The first-order valence-electron chi connectivity index (χ1n) is 8.80. The molecule has 0 aliphatic heterocycles. The van der Waals surface area contributed by atoms with Gasteiger partial charge in [0.2, 0.25) is 11.1 Å². The molecule has 7 nitrogen and oxygen atoms in total. The van der Waals surface area contributed by atoms with Crippen LogP contribution in [0.25, 0.3) is 5.69 Å². The van der Waals surface area contributed by atoms with Crippen molar-refractivity contribution >= 4 is 29.1 Å². The molecule has 3 aromatic rings. The molecule has 1 heterocycles. The van der Waals surface area contributed by atoms with E-state index >= 15 is 0 Å². The van der Waals surface area contributed by atoms with Crippen LogP contribution in [0.15, 0.2) is 47.6 Å². The van der Waals surface area contributed by atoms with Gasteiger partial charge in [-0.2, -0.15) is 4.68 Å². The predicted octanol–water partition coefficient (Wildman–Crippen LogP) is 3.60. The molecule has 0 unspecified atom stereocenters. The van der Waals surface area contributed by atoms with Crippen LogP contribution in [0.3, 0.4) is 0 Å². The van der Waals surface area contributed by atoms with Crippen LogP contribution < -0.4 is 5.32 Å². The molecule has 0 saturated carbocycles. The number of tetrazole rings is 1. The van der Waals surface area contributed by atoms with E-state index in [9.17, 15) is 9.59 Å². The van der Waals surface area contributed by atoms with E-state index in [4.69, 9.17) is 0 Å². The maximum absolute atomic E-state index is 12.7. The van der Waals surface area contributed by atoms with Crippen LogP contribution in [0.5, 0.6) is 0 Å². The third kappa shape index (κ3) is 4.28. The summed E-state index contributed by atoms with van der Waals surface area (Å²) in [6.45, 7) is 7.27. The fourth-order valence-corrected chi connectivity index (χ4v) is 3.59. The number of carbonyl (C=O) groups is 2. The van der Waals surface area contributed by atoms with E-state index in [-0.39, 0.29) is 11.7 Å². The number of aromatic nitrogens is 4. The highest BCUT2D eigenvalue weighted by Gasteiger charge is 2.21. The number of nitrogens with one attached hydrogen (secondary N) is 1. The molecule has 0 radical (unpaired) electrons. The lowest BCUT2D eigenvalue weighted by Gasteiger charge is -2.14.